The molecule has 3 N–H and O–H groups in total. The van der Waals surface area contributed by atoms with E-state index >= 15 is 0 Å². The first-order valence-electron chi connectivity index (χ1n) is 6.88. The summed E-state index contributed by atoms with van der Waals surface area (Å²) in [5, 5.41) is 3.64. The van der Waals surface area contributed by atoms with E-state index in [0.717, 1.165) is 5.69 Å². The van der Waals surface area contributed by atoms with Gasteiger partial charge in [0.25, 0.3) is 5.91 Å². The number of piperidine rings is 1. The molecule has 3 heterocycles. The molecule has 2 bridgehead atoms. The van der Waals surface area contributed by atoms with Gasteiger partial charge in [-0.15, -0.1) is 0 Å². The van der Waals surface area contributed by atoms with Crippen LogP contribution in [-0.4, -0.2) is 36.1 Å². The van der Waals surface area contributed by atoms with Crippen molar-refractivity contribution in [2.24, 2.45) is 5.73 Å². The van der Waals surface area contributed by atoms with Crippen LogP contribution in [0.15, 0.2) is 18.3 Å². The van der Waals surface area contributed by atoms with Crippen LogP contribution in [0.5, 0.6) is 0 Å². The molecule has 2 unspecified atom stereocenters. The molecule has 2 aliphatic heterocycles. The lowest BCUT2D eigenvalue weighted by Crippen LogP contribution is -2.47. The molecular weight excluding hydrogens is 240 g/mol. The van der Waals surface area contributed by atoms with Gasteiger partial charge >= 0.3 is 0 Å². The highest BCUT2D eigenvalue weighted by Gasteiger charge is 2.35. The number of amides is 1. The topological polar surface area (TPSA) is 71.2 Å². The fourth-order valence-electron chi connectivity index (χ4n) is 3.33. The number of nitrogens with two attached hydrogens (primary N) is 1. The third-order valence-electron chi connectivity index (χ3n) is 4.40. The van der Waals surface area contributed by atoms with Crippen molar-refractivity contribution in [3.05, 3.63) is 24.0 Å². The fraction of sp³-hybridized carbons (Fsp3) is 0.571. The Bertz CT molecular complexity index is 478. The monoisotopic (exact) mass is 260 g/mol. The largest absolute Gasteiger partial charge is 0.371 e. The molecule has 102 valence electrons. The third kappa shape index (κ3) is 2.42. The van der Waals surface area contributed by atoms with E-state index in [4.69, 9.17) is 5.73 Å². The van der Waals surface area contributed by atoms with E-state index in [1.807, 2.05) is 6.07 Å². The molecule has 0 radical (unpaired) electrons. The number of hydrogen-bond acceptors (Lipinski definition) is 4. The van der Waals surface area contributed by atoms with Gasteiger partial charge in [0.05, 0.1) is 0 Å². The lowest BCUT2D eigenvalue weighted by molar-refractivity contribution is 0.0995. The first kappa shape index (κ1) is 12.4. The summed E-state index contributed by atoms with van der Waals surface area (Å²) >= 11 is 0. The first-order chi connectivity index (χ1) is 9.13. The minimum Gasteiger partial charge on any atom is -0.371 e. The number of aromatic nitrogens is 1. The van der Waals surface area contributed by atoms with Gasteiger partial charge in [0.15, 0.2) is 0 Å². The van der Waals surface area contributed by atoms with E-state index in [1.165, 1.54) is 25.7 Å². The Labute approximate surface area is 113 Å². The molecule has 0 spiro atoms. The summed E-state index contributed by atoms with van der Waals surface area (Å²) in [4.78, 5) is 17.5. The van der Waals surface area contributed by atoms with Crippen LogP contribution in [0, 0.1) is 0 Å². The van der Waals surface area contributed by atoms with Crippen molar-refractivity contribution >= 4 is 11.6 Å². The van der Waals surface area contributed by atoms with E-state index < -0.39 is 5.91 Å². The number of pyridine rings is 1. The Balaban J connectivity index is 1.78. The lowest BCUT2D eigenvalue weighted by atomic mass is 9.98. The van der Waals surface area contributed by atoms with Crippen molar-refractivity contribution < 1.29 is 4.79 Å². The third-order valence-corrected chi connectivity index (χ3v) is 4.40. The molecule has 0 aliphatic carbocycles. The molecule has 1 aromatic heterocycles. The van der Waals surface area contributed by atoms with Crippen LogP contribution in [0.4, 0.5) is 5.69 Å². The molecule has 19 heavy (non-hydrogen) atoms. The number of carbonyl (C=O) groups excluding carboxylic acids is 1. The number of primary amides is 1. The summed E-state index contributed by atoms with van der Waals surface area (Å²) < 4.78 is 0. The minimum absolute atomic E-state index is 0.334. The summed E-state index contributed by atoms with van der Waals surface area (Å²) in [5.41, 5.74) is 6.64. The number of fused-ring (bicyclic) bond motifs is 2. The van der Waals surface area contributed by atoms with Gasteiger partial charge in [-0.2, -0.15) is 0 Å². The Kier molecular flexibility index (Phi) is 3.14. The summed E-state index contributed by atoms with van der Waals surface area (Å²) in [7, 11) is 2.09. The SMILES string of the molecule is CN(c1ccnc(C(N)=O)c1)C1CC2CCC(C1)N2. The van der Waals surface area contributed by atoms with Crippen molar-refractivity contribution in [2.75, 3.05) is 11.9 Å². The predicted molar refractivity (Wildman–Crippen MR) is 74.1 cm³/mol. The van der Waals surface area contributed by atoms with Crippen LogP contribution in [0.1, 0.15) is 36.2 Å². The maximum atomic E-state index is 11.2. The number of nitrogens with one attached hydrogen (secondary N) is 1. The lowest BCUT2D eigenvalue weighted by Gasteiger charge is -2.37. The van der Waals surface area contributed by atoms with Gasteiger partial charge in [-0.3, -0.25) is 9.78 Å². The van der Waals surface area contributed by atoms with Crippen molar-refractivity contribution in [1.29, 1.82) is 0 Å². The van der Waals surface area contributed by atoms with Gasteiger partial charge in [0.2, 0.25) is 0 Å². The Hall–Kier alpha value is -1.62. The zero-order valence-electron chi connectivity index (χ0n) is 11.2. The number of anilines is 1. The minimum atomic E-state index is -0.472. The second-order valence-corrected chi connectivity index (χ2v) is 5.64. The van der Waals surface area contributed by atoms with E-state index in [1.54, 1.807) is 12.3 Å². The van der Waals surface area contributed by atoms with Crippen LogP contribution >= 0.6 is 0 Å². The zero-order chi connectivity index (χ0) is 13.4. The highest BCUT2D eigenvalue weighted by Crippen LogP contribution is 2.31. The molecule has 0 aromatic carbocycles. The summed E-state index contributed by atoms with van der Waals surface area (Å²) in [6.45, 7) is 0. The Morgan fingerprint density at radius 3 is 2.74 bits per heavy atom. The van der Waals surface area contributed by atoms with Gasteiger partial charge in [-0.25, -0.2) is 0 Å². The zero-order valence-corrected chi connectivity index (χ0v) is 11.2. The van der Waals surface area contributed by atoms with Gasteiger partial charge in [-0.1, -0.05) is 0 Å². The summed E-state index contributed by atoms with van der Waals surface area (Å²) in [6, 6.07) is 5.57. The van der Waals surface area contributed by atoms with E-state index in [2.05, 4.69) is 22.2 Å². The van der Waals surface area contributed by atoms with Gasteiger partial charge in [0, 0.05) is 37.1 Å². The van der Waals surface area contributed by atoms with Crippen LogP contribution in [0.2, 0.25) is 0 Å². The van der Waals surface area contributed by atoms with Crippen molar-refractivity contribution in [3.63, 3.8) is 0 Å². The molecule has 5 heteroatoms. The fourth-order valence-corrected chi connectivity index (χ4v) is 3.33. The highest BCUT2D eigenvalue weighted by atomic mass is 16.1. The maximum absolute atomic E-state index is 11.2. The summed E-state index contributed by atoms with van der Waals surface area (Å²) in [6.07, 6.45) is 6.57. The smallest absolute Gasteiger partial charge is 0.267 e. The van der Waals surface area contributed by atoms with E-state index in [-0.39, 0.29) is 0 Å². The maximum Gasteiger partial charge on any atom is 0.267 e. The molecule has 2 saturated heterocycles. The van der Waals surface area contributed by atoms with Crippen LogP contribution in [0.3, 0.4) is 0 Å². The molecule has 2 atom stereocenters. The quantitative estimate of drug-likeness (QED) is 0.847. The van der Waals surface area contributed by atoms with E-state index in [9.17, 15) is 4.79 Å². The van der Waals surface area contributed by atoms with E-state index in [0.29, 0.717) is 23.8 Å². The van der Waals surface area contributed by atoms with Crippen LogP contribution in [0.25, 0.3) is 0 Å². The number of rotatable bonds is 3. The number of nitrogens with zero attached hydrogens (tertiary/aromatic N) is 2. The second-order valence-electron chi connectivity index (χ2n) is 5.64. The molecule has 0 saturated carbocycles. The second kappa shape index (κ2) is 4.81. The normalized spacial score (nSPS) is 29.2. The summed E-state index contributed by atoms with van der Waals surface area (Å²) in [5.74, 6) is -0.472. The standard InChI is InChI=1S/C14H20N4O/c1-18(11-4-5-16-13(8-11)14(15)19)12-6-9-2-3-10(7-12)17-9/h4-5,8-10,12,17H,2-3,6-7H2,1H3,(H2,15,19). The van der Waals surface area contributed by atoms with Gasteiger partial charge in [-0.05, 0) is 37.8 Å². The number of carbonyl (C=O) groups is 1. The van der Waals surface area contributed by atoms with Crippen molar-refractivity contribution in [1.82, 2.24) is 10.3 Å². The average molecular weight is 260 g/mol. The number of hydrogen-bond donors (Lipinski definition) is 2. The van der Waals surface area contributed by atoms with Crippen LogP contribution in [-0.2, 0) is 0 Å². The molecule has 2 aliphatic rings. The molecular formula is C14H20N4O. The highest BCUT2D eigenvalue weighted by molar-refractivity contribution is 5.91. The first-order valence-corrected chi connectivity index (χ1v) is 6.88. The Morgan fingerprint density at radius 1 is 1.42 bits per heavy atom. The molecule has 3 rings (SSSR count). The molecule has 5 nitrogen and oxygen atoms in total. The molecule has 1 aromatic rings. The molecule has 2 fully saturated rings. The van der Waals surface area contributed by atoms with Crippen LogP contribution < -0.4 is 16.0 Å². The van der Waals surface area contributed by atoms with Crippen molar-refractivity contribution in [2.45, 2.75) is 43.8 Å². The van der Waals surface area contributed by atoms with Gasteiger partial charge in [0.1, 0.15) is 5.69 Å². The van der Waals surface area contributed by atoms with Crippen molar-refractivity contribution in [3.8, 4) is 0 Å². The van der Waals surface area contributed by atoms with Gasteiger partial charge < -0.3 is 16.0 Å². The predicted octanol–water partition coefficient (Wildman–Crippen LogP) is 0.900. The average Bonchev–Trinajstić information content (AvgIpc) is 2.76. The molecule has 1 amide bonds. The Morgan fingerprint density at radius 2 is 2.11 bits per heavy atom.